The molecule has 0 atom stereocenters. The summed E-state index contributed by atoms with van der Waals surface area (Å²) >= 11 is 0. The van der Waals surface area contributed by atoms with Gasteiger partial charge < -0.3 is 0 Å². The summed E-state index contributed by atoms with van der Waals surface area (Å²) in [5, 5.41) is 5.80. The number of benzene rings is 7. The van der Waals surface area contributed by atoms with Crippen LogP contribution < -0.4 is 0 Å². The summed E-state index contributed by atoms with van der Waals surface area (Å²) in [4.78, 5) is 15.6. The molecular weight excluding hydrogens is 643 g/mol. The second-order valence-corrected chi connectivity index (χ2v) is 14.3. The highest BCUT2D eigenvalue weighted by atomic mass is 14.8. The highest BCUT2D eigenvalue weighted by Crippen LogP contribution is 2.64. The third kappa shape index (κ3) is 3.75. The van der Waals surface area contributed by atoms with Crippen LogP contribution in [0.2, 0.25) is 0 Å². The fourth-order valence-corrected chi connectivity index (χ4v) is 9.54. The third-order valence-corrected chi connectivity index (χ3v) is 11.7. The summed E-state index contributed by atoms with van der Waals surface area (Å²) in [6.45, 7) is 0. The molecule has 10 aromatic rings. The standard InChI is InChI=1S/C50H29N3/c1-2-13-35-30(10-1)11-7-16-36(35)31-20-22-32(23-21-31)40-29-43-45(48-39(40)17-9-27-52-48)49-44(28-34-25-24-33-12-8-26-51-46(33)47(34)53-49)50(43)41-18-5-3-14-37(41)38-15-4-6-19-42(38)50/h1-29H. The van der Waals surface area contributed by atoms with Crippen LogP contribution in [0.4, 0.5) is 0 Å². The first-order valence-corrected chi connectivity index (χ1v) is 18.2. The van der Waals surface area contributed by atoms with E-state index in [-0.39, 0.29) is 0 Å². The number of pyridine rings is 3. The largest absolute Gasteiger partial charge is 0.256 e. The lowest BCUT2D eigenvalue weighted by molar-refractivity contribution is 0.794. The molecule has 0 radical (unpaired) electrons. The monoisotopic (exact) mass is 671 g/mol. The molecule has 3 nitrogen and oxygen atoms in total. The van der Waals surface area contributed by atoms with Crippen molar-refractivity contribution in [3.63, 3.8) is 0 Å². The van der Waals surface area contributed by atoms with Crippen molar-refractivity contribution < 1.29 is 0 Å². The molecular formula is C50H29N3. The van der Waals surface area contributed by atoms with Gasteiger partial charge in [0.1, 0.15) is 0 Å². The van der Waals surface area contributed by atoms with Gasteiger partial charge >= 0.3 is 0 Å². The molecule has 244 valence electrons. The Kier molecular flexibility index (Phi) is 5.70. The second-order valence-electron chi connectivity index (χ2n) is 14.3. The molecule has 3 aromatic heterocycles. The second kappa shape index (κ2) is 10.5. The predicted octanol–water partition coefficient (Wildman–Crippen LogP) is 12.2. The zero-order chi connectivity index (χ0) is 34.7. The van der Waals surface area contributed by atoms with E-state index in [0.717, 1.165) is 49.5 Å². The molecule has 1 spiro atoms. The maximum atomic E-state index is 5.61. The molecule has 0 bridgehead atoms. The van der Waals surface area contributed by atoms with Crippen LogP contribution in [0.5, 0.6) is 0 Å². The first-order chi connectivity index (χ1) is 26.3. The summed E-state index contributed by atoms with van der Waals surface area (Å²) in [7, 11) is 0. The maximum Gasteiger partial charge on any atom is 0.0972 e. The van der Waals surface area contributed by atoms with Crippen molar-refractivity contribution >= 4 is 43.5 Å². The van der Waals surface area contributed by atoms with Crippen LogP contribution in [0.3, 0.4) is 0 Å². The number of aromatic nitrogens is 3. The van der Waals surface area contributed by atoms with Gasteiger partial charge in [-0.3, -0.25) is 9.97 Å². The molecule has 12 rings (SSSR count). The van der Waals surface area contributed by atoms with E-state index in [0.29, 0.717) is 0 Å². The number of hydrogen-bond acceptors (Lipinski definition) is 3. The summed E-state index contributed by atoms with van der Waals surface area (Å²) < 4.78 is 0. The molecule has 0 aliphatic heterocycles. The fraction of sp³-hybridized carbons (Fsp3) is 0.0200. The molecule has 0 unspecified atom stereocenters. The zero-order valence-corrected chi connectivity index (χ0v) is 28.6. The Bertz CT molecular complexity index is 3130. The van der Waals surface area contributed by atoms with Crippen molar-refractivity contribution in [3.8, 4) is 44.6 Å². The Labute approximate surface area is 305 Å². The van der Waals surface area contributed by atoms with Gasteiger partial charge in [-0.1, -0.05) is 140 Å². The van der Waals surface area contributed by atoms with Crippen LogP contribution in [-0.4, -0.2) is 15.0 Å². The van der Waals surface area contributed by atoms with Gasteiger partial charge in [-0.25, -0.2) is 4.98 Å². The minimum Gasteiger partial charge on any atom is -0.256 e. The maximum absolute atomic E-state index is 5.61. The van der Waals surface area contributed by atoms with E-state index in [1.54, 1.807) is 0 Å². The van der Waals surface area contributed by atoms with Gasteiger partial charge in [0, 0.05) is 34.1 Å². The van der Waals surface area contributed by atoms with Crippen LogP contribution in [0.25, 0.3) is 88.1 Å². The first kappa shape index (κ1) is 28.7. The van der Waals surface area contributed by atoms with E-state index in [2.05, 4.69) is 158 Å². The van der Waals surface area contributed by atoms with E-state index in [4.69, 9.17) is 15.0 Å². The predicted molar refractivity (Wildman–Crippen MR) is 217 cm³/mol. The van der Waals surface area contributed by atoms with Crippen molar-refractivity contribution in [2.24, 2.45) is 0 Å². The van der Waals surface area contributed by atoms with Gasteiger partial charge in [0.15, 0.2) is 0 Å². The molecule has 2 aliphatic rings. The molecule has 0 saturated carbocycles. The summed E-state index contributed by atoms with van der Waals surface area (Å²) in [5.41, 5.74) is 16.6. The molecule has 0 saturated heterocycles. The van der Waals surface area contributed by atoms with Crippen molar-refractivity contribution in [1.29, 1.82) is 0 Å². The van der Waals surface area contributed by atoms with E-state index in [1.165, 1.54) is 60.8 Å². The molecule has 53 heavy (non-hydrogen) atoms. The van der Waals surface area contributed by atoms with Gasteiger partial charge in [0.25, 0.3) is 0 Å². The van der Waals surface area contributed by atoms with Crippen LogP contribution in [0.1, 0.15) is 22.3 Å². The average molecular weight is 672 g/mol. The average Bonchev–Trinajstić information content (AvgIpc) is 3.69. The lowest BCUT2D eigenvalue weighted by atomic mass is 9.70. The van der Waals surface area contributed by atoms with Crippen molar-refractivity contribution in [2.45, 2.75) is 5.41 Å². The van der Waals surface area contributed by atoms with Crippen LogP contribution in [0.15, 0.2) is 176 Å². The van der Waals surface area contributed by atoms with E-state index < -0.39 is 5.41 Å². The molecule has 7 aromatic carbocycles. The quantitative estimate of drug-likeness (QED) is 0.172. The van der Waals surface area contributed by atoms with Crippen molar-refractivity contribution in [3.05, 3.63) is 198 Å². The molecule has 3 heterocycles. The Morgan fingerprint density at radius 1 is 0.358 bits per heavy atom. The Morgan fingerprint density at radius 2 is 0.962 bits per heavy atom. The minimum atomic E-state index is -0.568. The van der Waals surface area contributed by atoms with E-state index in [9.17, 15) is 0 Å². The topological polar surface area (TPSA) is 38.7 Å². The number of fused-ring (bicyclic) bond motifs is 16. The van der Waals surface area contributed by atoms with Crippen LogP contribution in [-0.2, 0) is 5.41 Å². The number of nitrogens with zero attached hydrogens (tertiary/aromatic N) is 3. The van der Waals surface area contributed by atoms with Gasteiger partial charge in [0.05, 0.1) is 27.7 Å². The van der Waals surface area contributed by atoms with Crippen molar-refractivity contribution in [1.82, 2.24) is 15.0 Å². The van der Waals surface area contributed by atoms with Crippen LogP contribution in [0, 0.1) is 0 Å². The summed E-state index contributed by atoms with van der Waals surface area (Å²) in [5.74, 6) is 0. The van der Waals surface area contributed by atoms with Crippen LogP contribution >= 0.6 is 0 Å². The molecule has 3 heteroatoms. The molecule has 2 aliphatic carbocycles. The first-order valence-electron chi connectivity index (χ1n) is 18.2. The van der Waals surface area contributed by atoms with Crippen molar-refractivity contribution in [2.75, 3.05) is 0 Å². The number of hydrogen-bond donors (Lipinski definition) is 0. The SMILES string of the molecule is c1ccc2c(c1)-c1ccccc1C21c2cc3ccc4cccnc4c3nc2-c2c1cc(-c1ccc(-c3cccc4ccccc34)cc1)c1cccnc21. The van der Waals surface area contributed by atoms with Gasteiger partial charge in [0.2, 0.25) is 0 Å². The van der Waals surface area contributed by atoms with Gasteiger partial charge in [-0.2, -0.15) is 0 Å². The smallest absolute Gasteiger partial charge is 0.0972 e. The minimum absolute atomic E-state index is 0.568. The fourth-order valence-electron chi connectivity index (χ4n) is 9.54. The van der Waals surface area contributed by atoms with Gasteiger partial charge in [-0.15, -0.1) is 0 Å². The summed E-state index contributed by atoms with van der Waals surface area (Å²) in [6, 6.07) is 59.7. The van der Waals surface area contributed by atoms with Gasteiger partial charge in [-0.05, 0) is 90.7 Å². The van der Waals surface area contributed by atoms with E-state index in [1.807, 2.05) is 18.5 Å². The summed E-state index contributed by atoms with van der Waals surface area (Å²) in [6.07, 6.45) is 3.79. The Morgan fingerprint density at radius 3 is 1.77 bits per heavy atom. The van der Waals surface area contributed by atoms with E-state index >= 15 is 0 Å². The third-order valence-electron chi connectivity index (χ3n) is 11.7. The Balaban J connectivity index is 1.18. The lowest BCUT2D eigenvalue weighted by Crippen LogP contribution is -2.26. The lowest BCUT2D eigenvalue weighted by Gasteiger charge is -2.30. The highest BCUT2D eigenvalue weighted by Gasteiger charge is 2.53. The number of rotatable bonds is 2. The molecule has 0 fully saturated rings. The normalized spacial score (nSPS) is 13.4. The highest BCUT2D eigenvalue weighted by molar-refractivity contribution is 6.12. The zero-order valence-electron chi connectivity index (χ0n) is 28.6. The molecule has 0 N–H and O–H groups in total. The Hall–Kier alpha value is -6.97. The molecule has 0 amide bonds.